The first-order chi connectivity index (χ1) is 6.00. The van der Waals surface area contributed by atoms with Crippen molar-refractivity contribution in [2.45, 2.75) is 13.5 Å². The molecule has 0 spiro atoms. The van der Waals surface area contributed by atoms with E-state index >= 15 is 0 Å². The average molecular weight is 182 g/mol. The Kier molecular flexibility index (Phi) is 2.55. The van der Waals surface area contributed by atoms with Gasteiger partial charge in [0.25, 0.3) is 0 Å². The summed E-state index contributed by atoms with van der Waals surface area (Å²) in [6.07, 6.45) is 0. The number of nitrogen functional groups attached to an aromatic ring is 1. The normalized spacial score (nSPS) is 10.1. The molecular weight excluding hydrogens is 168 g/mol. The first-order valence-electron chi connectivity index (χ1n) is 4.01. The highest BCUT2D eigenvalue weighted by molar-refractivity contribution is 5.75. The molecule has 0 unspecified atom stereocenters. The van der Waals surface area contributed by atoms with Crippen LogP contribution in [-0.4, -0.2) is 34.7 Å². The van der Waals surface area contributed by atoms with Gasteiger partial charge in [-0.3, -0.25) is 9.48 Å². The van der Waals surface area contributed by atoms with Crippen molar-refractivity contribution >= 4 is 11.7 Å². The minimum Gasteiger partial charge on any atom is -0.382 e. The minimum absolute atomic E-state index is 0.00574. The molecule has 0 aliphatic heterocycles. The van der Waals surface area contributed by atoms with Crippen molar-refractivity contribution in [3.8, 4) is 0 Å². The number of aryl methyl sites for hydroxylation is 1. The fourth-order valence-electron chi connectivity index (χ4n) is 0.965. The Bertz CT molecular complexity index is 316. The van der Waals surface area contributed by atoms with Gasteiger partial charge in [0.05, 0.1) is 0 Å². The van der Waals surface area contributed by atoms with Crippen molar-refractivity contribution < 1.29 is 4.79 Å². The van der Waals surface area contributed by atoms with Crippen molar-refractivity contribution in [1.82, 2.24) is 14.7 Å². The van der Waals surface area contributed by atoms with Crippen LogP contribution in [0, 0.1) is 6.92 Å². The van der Waals surface area contributed by atoms with Crippen molar-refractivity contribution in [2.24, 2.45) is 0 Å². The molecule has 1 aromatic heterocycles. The molecule has 13 heavy (non-hydrogen) atoms. The lowest BCUT2D eigenvalue weighted by molar-refractivity contribution is -0.129. The van der Waals surface area contributed by atoms with Gasteiger partial charge in [-0.05, 0) is 6.92 Å². The zero-order valence-electron chi connectivity index (χ0n) is 8.11. The molecule has 5 heteroatoms. The summed E-state index contributed by atoms with van der Waals surface area (Å²) in [5.74, 6) is 0.454. The largest absolute Gasteiger partial charge is 0.382 e. The molecule has 1 aromatic rings. The third-order valence-electron chi connectivity index (χ3n) is 1.78. The summed E-state index contributed by atoms with van der Waals surface area (Å²) in [6, 6.07) is 1.74. The molecule has 0 atom stereocenters. The first kappa shape index (κ1) is 9.57. The molecule has 5 nitrogen and oxygen atoms in total. The third-order valence-corrected chi connectivity index (χ3v) is 1.78. The van der Waals surface area contributed by atoms with Crippen molar-refractivity contribution in [1.29, 1.82) is 0 Å². The van der Waals surface area contributed by atoms with Crippen molar-refractivity contribution in [3.05, 3.63) is 11.8 Å². The van der Waals surface area contributed by atoms with Crippen LogP contribution in [0.2, 0.25) is 0 Å². The number of nitrogens with two attached hydrogens (primary N) is 1. The lowest BCUT2D eigenvalue weighted by atomic mass is 10.4. The Morgan fingerprint density at radius 3 is 2.69 bits per heavy atom. The maximum Gasteiger partial charge on any atom is 0.243 e. The van der Waals surface area contributed by atoms with Gasteiger partial charge in [-0.2, -0.15) is 5.10 Å². The predicted molar refractivity (Wildman–Crippen MR) is 50.1 cm³/mol. The number of nitrogens with zero attached hydrogens (tertiary/aromatic N) is 3. The molecule has 0 bridgehead atoms. The topological polar surface area (TPSA) is 64.1 Å². The molecule has 1 amide bonds. The second kappa shape index (κ2) is 3.47. The molecule has 0 aliphatic rings. The molecule has 0 saturated heterocycles. The summed E-state index contributed by atoms with van der Waals surface area (Å²) in [5.41, 5.74) is 6.37. The standard InChI is InChI=1S/C8H14N4O/c1-6-4-7(9)10-12(6)5-8(13)11(2)3/h4H,5H2,1-3H3,(H2,9,10). The number of likely N-dealkylation sites (N-methyl/N-ethyl adjacent to an activating group) is 1. The fraction of sp³-hybridized carbons (Fsp3) is 0.500. The minimum atomic E-state index is 0.00574. The second-order valence-corrected chi connectivity index (χ2v) is 3.16. The molecule has 72 valence electrons. The maximum atomic E-state index is 11.3. The Morgan fingerprint density at radius 2 is 2.31 bits per heavy atom. The molecule has 0 radical (unpaired) electrons. The highest BCUT2D eigenvalue weighted by Crippen LogP contribution is 2.03. The monoisotopic (exact) mass is 182 g/mol. The van der Waals surface area contributed by atoms with Gasteiger partial charge in [0.1, 0.15) is 12.4 Å². The maximum absolute atomic E-state index is 11.3. The second-order valence-electron chi connectivity index (χ2n) is 3.16. The molecular formula is C8H14N4O. The summed E-state index contributed by atoms with van der Waals surface area (Å²) in [4.78, 5) is 12.8. The molecule has 0 saturated carbocycles. The van der Waals surface area contributed by atoms with E-state index < -0.39 is 0 Å². The van der Waals surface area contributed by atoms with Crippen LogP contribution in [0.15, 0.2) is 6.07 Å². The Labute approximate surface area is 77.1 Å². The van der Waals surface area contributed by atoms with Crippen molar-refractivity contribution in [3.63, 3.8) is 0 Å². The number of carbonyl (C=O) groups excluding carboxylic acids is 1. The van der Waals surface area contributed by atoms with E-state index in [1.165, 1.54) is 4.90 Å². The van der Waals surface area contributed by atoms with Crippen LogP contribution in [0.1, 0.15) is 5.69 Å². The van der Waals surface area contributed by atoms with Gasteiger partial charge < -0.3 is 10.6 Å². The van der Waals surface area contributed by atoms with Crippen LogP contribution < -0.4 is 5.73 Å². The zero-order chi connectivity index (χ0) is 10.0. The summed E-state index contributed by atoms with van der Waals surface area (Å²) in [5, 5.41) is 3.98. The van der Waals surface area contributed by atoms with Gasteiger partial charge in [0.2, 0.25) is 5.91 Å². The smallest absolute Gasteiger partial charge is 0.243 e. The van der Waals surface area contributed by atoms with E-state index in [1.54, 1.807) is 24.8 Å². The van der Waals surface area contributed by atoms with Gasteiger partial charge in [0.15, 0.2) is 0 Å². The van der Waals surface area contributed by atoms with Crippen LogP contribution in [0.4, 0.5) is 5.82 Å². The summed E-state index contributed by atoms with van der Waals surface area (Å²) < 4.78 is 1.59. The van der Waals surface area contributed by atoms with Crippen LogP contribution in [0.3, 0.4) is 0 Å². The molecule has 0 fully saturated rings. The molecule has 0 aromatic carbocycles. The predicted octanol–water partition coefficient (Wildman–Crippen LogP) is -0.138. The van der Waals surface area contributed by atoms with Crippen LogP contribution in [0.5, 0.6) is 0 Å². The number of anilines is 1. The zero-order valence-corrected chi connectivity index (χ0v) is 8.11. The lowest BCUT2D eigenvalue weighted by Crippen LogP contribution is -2.27. The molecule has 2 N–H and O–H groups in total. The highest BCUT2D eigenvalue weighted by Gasteiger charge is 2.08. The van der Waals surface area contributed by atoms with Crippen molar-refractivity contribution in [2.75, 3.05) is 19.8 Å². The van der Waals surface area contributed by atoms with Gasteiger partial charge in [-0.15, -0.1) is 0 Å². The molecule has 0 aliphatic carbocycles. The van der Waals surface area contributed by atoms with E-state index in [9.17, 15) is 4.79 Å². The van der Waals surface area contributed by atoms with Gasteiger partial charge in [-0.25, -0.2) is 0 Å². The quantitative estimate of drug-likeness (QED) is 0.692. The Morgan fingerprint density at radius 1 is 1.69 bits per heavy atom. The van der Waals surface area contributed by atoms with Gasteiger partial charge in [0, 0.05) is 25.9 Å². The number of amides is 1. The number of aromatic nitrogens is 2. The van der Waals surface area contributed by atoms with E-state index in [0.29, 0.717) is 5.82 Å². The Balaban J connectivity index is 2.74. The summed E-state index contributed by atoms with van der Waals surface area (Å²) in [6.45, 7) is 2.11. The van der Waals surface area contributed by atoms with E-state index in [-0.39, 0.29) is 12.5 Å². The highest BCUT2D eigenvalue weighted by atomic mass is 16.2. The molecule has 1 heterocycles. The van der Waals surface area contributed by atoms with Gasteiger partial charge in [-0.1, -0.05) is 0 Å². The number of carbonyl (C=O) groups is 1. The third kappa shape index (κ3) is 2.21. The van der Waals surface area contributed by atoms with E-state index in [0.717, 1.165) is 5.69 Å². The number of hydrogen-bond donors (Lipinski definition) is 1. The van der Waals surface area contributed by atoms with E-state index in [2.05, 4.69) is 5.10 Å². The lowest BCUT2D eigenvalue weighted by Gasteiger charge is -2.10. The van der Waals surface area contributed by atoms with Crippen LogP contribution >= 0.6 is 0 Å². The van der Waals surface area contributed by atoms with Gasteiger partial charge >= 0.3 is 0 Å². The van der Waals surface area contributed by atoms with Crippen LogP contribution in [0.25, 0.3) is 0 Å². The summed E-state index contributed by atoms with van der Waals surface area (Å²) >= 11 is 0. The SMILES string of the molecule is Cc1cc(N)nn1CC(=O)N(C)C. The van der Waals surface area contributed by atoms with E-state index in [1.807, 2.05) is 6.92 Å². The number of rotatable bonds is 2. The fourth-order valence-corrected chi connectivity index (χ4v) is 0.965. The Hall–Kier alpha value is -1.52. The van der Waals surface area contributed by atoms with E-state index in [4.69, 9.17) is 5.73 Å². The number of hydrogen-bond acceptors (Lipinski definition) is 3. The summed E-state index contributed by atoms with van der Waals surface area (Å²) in [7, 11) is 3.43. The first-order valence-corrected chi connectivity index (χ1v) is 4.01. The molecule has 1 rings (SSSR count). The van der Waals surface area contributed by atoms with Crippen LogP contribution in [-0.2, 0) is 11.3 Å². The average Bonchev–Trinajstić information content (AvgIpc) is 2.30.